The average molecular weight is 241 g/mol. The Balaban J connectivity index is 2.17. The van der Waals surface area contributed by atoms with Crippen molar-refractivity contribution in [2.75, 3.05) is 40.5 Å². The molecular formula is C13H20FNO2. The van der Waals surface area contributed by atoms with Crippen molar-refractivity contribution in [2.24, 2.45) is 0 Å². The zero-order valence-corrected chi connectivity index (χ0v) is 10.5. The summed E-state index contributed by atoms with van der Waals surface area (Å²) in [6.45, 7) is 2.98. The molecule has 0 atom stereocenters. The summed E-state index contributed by atoms with van der Waals surface area (Å²) < 4.78 is 23.5. The first-order valence-electron chi connectivity index (χ1n) is 5.79. The van der Waals surface area contributed by atoms with E-state index >= 15 is 0 Å². The van der Waals surface area contributed by atoms with Crippen LogP contribution in [0.1, 0.15) is 6.42 Å². The van der Waals surface area contributed by atoms with Crippen LogP contribution in [-0.2, 0) is 4.74 Å². The van der Waals surface area contributed by atoms with Crippen molar-refractivity contribution in [3.63, 3.8) is 0 Å². The zero-order valence-electron chi connectivity index (χ0n) is 10.5. The summed E-state index contributed by atoms with van der Waals surface area (Å²) in [7, 11) is 3.71. The molecule has 0 fully saturated rings. The van der Waals surface area contributed by atoms with E-state index in [1.165, 1.54) is 6.07 Å². The van der Waals surface area contributed by atoms with Crippen LogP contribution in [0.15, 0.2) is 24.3 Å². The van der Waals surface area contributed by atoms with Gasteiger partial charge in [0.1, 0.15) is 6.61 Å². The quantitative estimate of drug-likeness (QED) is 0.651. The highest BCUT2D eigenvalue weighted by Gasteiger charge is 2.02. The topological polar surface area (TPSA) is 21.7 Å². The second-order valence-electron chi connectivity index (χ2n) is 3.93. The number of rotatable bonds is 8. The van der Waals surface area contributed by atoms with Crippen LogP contribution in [-0.4, -0.2) is 45.4 Å². The maximum absolute atomic E-state index is 13.2. The molecule has 3 nitrogen and oxygen atoms in total. The van der Waals surface area contributed by atoms with E-state index in [2.05, 4.69) is 4.90 Å². The standard InChI is InChI=1S/C13H20FNO2/c1-15(8-5-10-16-2)9-11-17-13-7-4-3-6-12(13)14/h3-4,6-7H,5,8-11H2,1-2H3. The minimum Gasteiger partial charge on any atom is -0.489 e. The summed E-state index contributed by atoms with van der Waals surface area (Å²) >= 11 is 0. The maximum Gasteiger partial charge on any atom is 0.165 e. The first kappa shape index (κ1) is 13.9. The van der Waals surface area contributed by atoms with Crippen molar-refractivity contribution < 1.29 is 13.9 Å². The Morgan fingerprint density at radius 1 is 1.18 bits per heavy atom. The van der Waals surface area contributed by atoms with E-state index in [9.17, 15) is 4.39 Å². The molecule has 0 aliphatic heterocycles. The molecule has 0 saturated heterocycles. The van der Waals surface area contributed by atoms with Gasteiger partial charge in [-0.15, -0.1) is 0 Å². The minimum absolute atomic E-state index is 0.311. The highest BCUT2D eigenvalue weighted by molar-refractivity contribution is 5.23. The molecule has 0 unspecified atom stereocenters. The lowest BCUT2D eigenvalue weighted by molar-refractivity contribution is 0.171. The number of ether oxygens (including phenoxy) is 2. The molecule has 0 aliphatic carbocycles. The van der Waals surface area contributed by atoms with Gasteiger partial charge in [0.05, 0.1) is 0 Å². The fourth-order valence-electron chi connectivity index (χ4n) is 1.46. The summed E-state index contributed by atoms with van der Waals surface area (Å²) in [5.74, 6) is 0.00678. The molecule has 1 aromatic rings. The summed E-state index contributed by atoms with van der Waals surface area (Å²) in [4.78, 5) is 2.14. The predicted molar refractivity (Wildman–Crippen MR) is 65.9 cm³/mol. The Morgan fingerprint density at radius 3 is 2.65 bits per heavy atom. The largest absolute Gasteiger partial charge is 0.489 e. The fourth-order valence-corrected chi connectivity index (χ4v) is 1.46. The van der Waals surface area contributed by atoms with Crippen LogP contribution in [0.4, 0.5) is 4.39 Å². The van der Waals surface area contributed by atoms with Gasteiger partial charge in [0.25, 0.3) is 0 Å². The Morgan fingerprint density at radius 2 is 1.94 bits per heavy atom. The highest BCUT2D eigenvalue weighted by atomic mass is 19.1. The van der Waals surface area contributed by atoms with Crippen LogP contribution < -0.4 is 4.74 Å². The van der Waals surface area contributed by atoms with Gasteiger partial charge in [-0.3, -0.25) is 0 Å². The lowest BCUT2D eigenvalue weighted by Crippen LogP contribution is -2.26. The van der Waals surface area contributed by atoms with Gasteiger partial charge in [-0.05, 0) is 25.6 Å². The molecule has 1 rings (SSSR count). The Labute approximate surface area is 102 Å². The predicted octanol–water partition coefficient (Wildman–Crippen LogP) is 2.17. The van der Waals surface area contributed by atoms with Crippen LogP contribution in [0.2, 0.25) is 0 Å². The van der Waals surface area contributed by atoms with E-state index in [1.807, 2.05) is 7.05 Å². The van der Waals surface area contributed by atoms with Gasteiger partial charge in [0.2, 0.25) is 0 Å². The molecule has 0 N–H and O–H groups in total. The van der Waals surface area contributed by atoms with Crippen LogP contribution >= 0.6 is 0 Å². The van der Waals surface area contributed by atoms with Crippen molar-refractivity contribution in [2.45, 2.75) is 6.42 Å². The number of hydrogen-bond donors (Lipinski definition) is 0. The Kier molecular flexibility index (Phi) is 6.58. The van der Waals surface area contributed by atoms with Crippen molar-refractivity contribution in [1.29, 1.82) is 0 Å². The number of nitrogens with zero attached hydrogens (tertiary/aromatic N) is 1. The van der Waals surface area contributed by atoms with E-state index in [-0.39, 0.29) is 5.82 Å². The first-order valence-corrected chi connectivity index (χ1v) is 5.79. The molecule has 0 bridgehead atoms. The van der Waals surface area contributed by atoms with Crippen LogP contribution in [0, 0.1) is 5.82 Å². The van der Waals surface area contributed by atoms with Gasteiger partial charge in [-0.25, -0.2) is 4.39 Å². The van der Waals surface area contributed by atoms with Gasteiger partial charge >= 0.3 is 0 Å². The monoisotopic (exact) mass is 241 g/mol. The molecule has 0 aromatic heterocycles. The van der Waals surface area contributed by atoms with Gasteiger partial charge in [0.15, 0.2) is 11.6 Å². The van der Waals surface area contributed by atoms with E-state index in [4.69, 9.17) is 9.47 Å². The lowest BCUT2D eigenvalue weighted by Gasteiger charge is -2.16. The van der Waals surface area contributed by atoms with Gasteiger partial charge < -0.3 is 14.4 Å². The van der Waals surface area contributed by atoms with Crippen LogP contribution in [0.3, 0.4) is 0 Å². The molecule has 4 heteroatoms. The van der Waals surface area contributed by atoms with Crippen molar-refractivity contribution >= 4 is 0 Å². The highest BCUT2D eigenvalue weighted by Crippen LogP contribution is 2.14. The number of benzene rings is 1. The molecule has 96 valence electrons. The third kappa shape index (κ3) is 5.65. The SMILES string of the molecule is COCCCN(C)CCOc1ccccc1F. The second kappa shape index (κ2) is 8.03. The van der Waals surface area contributed by atoms with Gasteiger partial charge in [0, 0.05) is 26.8 Å². The lowest BCUT2D eigenvalue weighted by atomic mass is 10.3. The number of hydrogen-bond acceptors (Lipinski definition) is 3. The Hall–Kier alpha value is -1.13. The third-order valence-corrected chi connectivity index (χ3v) is 2.46. The number of likely N-dealkylation sites (N-methyl/N-ethyl adjacent to an activating group) is 1. The normalized spacial score (nSPS) is 10.8. The summed E-state index contributed by atoms with van der Waals surface area (Å²) in [6, 6.07) is 6.46. The molecule has 0 radical (unpaired) electrons. The van der Waals surface area contributed by atoms with Crippen LogP contribution in [0.5, 0.6) is 5.75 Å². The molecule has 0 spiro atoms. The second-order valence-corrected chi connectivity index (χ2v) is 3.93. The number of para-hydroxylation sites is 1. The van der Waals surface area contributed by atoms with E-state index in [0.717, 1.165) is 26.1 Å². The average Bonchev–Trinajstić information content (AvgIpc) is 2.32. The molecule has 0 saturated carbocycles. The van der Waals surface area contributed by atoms with Crippen LogP contribution in [0.25, 0.3) is 0 Å². The van der Waals surface area contributed by atoms with E-state index in [0.29, 0.717) is 12.4 Å². The van der Waals surface area contributed by atoms with Gasteiger partial charge in [-0.1, -0.05) is 12.1 Å². The van der Waals surface area contributed by atoms with Gasteiger partial charge in [-0.2, -0.15) is 0 Å². The maximum atomic E-state index is 13.2. The fraction of sp³-hybridized carbons (Fsp3) is 0.538. The van der Waals surface area contributed by atoms with E-state index < -0.39 is 0 Å². The summed E-state index contributed by atoms with van der Waals surface area (Å²) in [5, 5.41) is 0. The molecule has 0 amide bonds. The number of halogens is 1. The molecular weight excluding hydrogens is 221 g/mol. The molecule has 0 heterocycles. The summed E-state index contributed by atoms with van der Waals surface area (Å²) in [6.07, 6.45) is 0.993. The number of methoxy groups -OCH3 is 1. The van der Waals surface area contributed by atoms with Crippen molar-refractivity contribution in [1.82, 2.24) is 4.90 Å². The van der Waals surface area contributed by atoms with Crippen molar-refractivity contribution in [3.8, 4) is 5.75 Å². The van der Waals surface area contributed by atoms with Crippen molar-refractivity contribution in [3.05, 3.63) is 30.1 Å². The summed E-state index contributed by atoms with van der Waals surface area (Å²) in [5.41, 5.74) is 0. The molecule has 1 aromatic carbocycles. The molecule has 17 heavy (non-hydrogen) atoms. The third-order valence-electron chi connectivity index (χ3n) is 2.46. The smallest absolute Gasteiger partial charge is 0.165 e. The first-order chi connectivity index (χ1) is 8.24. The molecule has 0 aliphatic rings. The van der Waals surface area contributed by atoms with E-state index in [1.54, 1.807) is 25.3 Å². The minimum atomic E-state index is -0.311. The Bertz CT molecular complexity index is 320. The zero-order chi connectivity index (χ0) is 12.5.